The molecule has 0 aliphatic heterocycles. The van der Waals surface area contributed by atoms with Gasteiger partial charge in [0.25, 0.3) is 5.91 Å². The largest absolute Gasteiger partial charge is 0.484 e. The molecule has 0 saturated carbocycles. The minimum Gasteiger partial charge on any atom is -0.484 e. The summed E-state index contributed by atoms with van der Waals surface area (Å²) >= 11 is 1.36. The van der Waals surface area contributed by atoms with Crippen LogP contribution in [0.25, 0.3) is 0 Å². The third-order valence-electron chi connectivity index (χ3n) is 2.70. The highest BCUT2D eigenvalue weighted by atomic mass is 32.1. The van der Waals surface area contributed by atoms with E-state index in [4.69, 9.17) is 10.5 Å². The molecule has 3 N–H and O–H groups in total. The standard InChI is InChI=1S/C14H18N4O2S/c1-10-4-6-11(7-5-10)20-9-12(19)16-14-18-17-13(21-14)3-2-8-15/h4-7H,2-3,8-9,15H2,1H3,(H,16,18,19). The Hall–Kier alpha value is -1.99. The number of anilines is 1. The van der Waals surface area contributed by atoms with Gasteiger partial charge in [0, 0.05) is 6.42 Å². The fraction of sp³-hybridized carbons (Fsp3) is 0.357. The Morgan fingerprint density at radius 2 is 2.10 bits per heavy atom. The Kier molecular flexibility index (Phi) is 5.65. The Labute approximate surface area is 127 Å². The maximum Gasteiger partial charge on any atom is 0.264 e. The lowest BCUT2D eigenvalue weighted by atomic mass is 10.2. The quantitative estimate of drug-likeness (QED) is 0.813. The zero-order chi connectivity index (χ0) is 15.1. The van der Waals surface area contributed by atoms with Crippen LogP contribution in [0.2, 0.25) is 0 Å². The number of aryl methyl sites for hydroxylation is 2. The van der Waals surface area contributed by atoms with Gasteiger partial charge in [0.05, 0.1) is 0 Å². The summed E-state index contributed by atoms with van der Waals surface area (Å²) in [6.07, 6.45) is 1.64. The first-order chi connectivity index (χ1) is 10.2. The number of hydrogen-bond acceptors (Lipinski definition) is 6. The summed E-state index contributed by atoms with van der Waals surface area (Å²) in [6.45, 7) is 2.56. The van der Waals surface area contributed by atoms with E-state index in [0.29, 0.717) is 17.4 Å². The molecule has 0 bridgehead atoms. The lowest BCUT2D eigenvalue weighted by Gasteiger charge is -2.05. The first kappa shape index (κ1) is 15.4. The molecule has 0 radical (unpaired) electrons. The first-order valence-electron chi connectivity index (χ1n) is 6.69. The molecule has 0 aliphatic carbocycles. The summed E-state index contributed by atoms with van der Waals surface area (Å²) in [7, 11) is 0. The predicted octanol–water partition coefficient (Wildman–Crippen LogP) is 1.76. The van der Waals surface area contributed by atoms with Gasteiger partial charge >= 0.3 is 0 Å². The molecule has 0 unspecified atom stereocenters. The molecule has 7 heteroatoms. The van der Waals surface area contributed by atoms with Gasteiger partial charge in [-0.15, -0.1) is 10.2 Å². The lowest BCUT2D eigenvalue weighted by molar-refractivity contribution is -0.118. The van der Waals surface area contributed by atoms with Gasteiger partial charge in [-0.2, -0.15) is 0 Å². The van der Waals surface area contributed by atoms with Crippen LogP contribution in [-0.2, 0) is 11.2 Å². The number of nitrogens with two attached hydrogens (primary N) is 1. The molecule has 0 aliphatic rings. The summed E-state index contributed by atoms with van der Waals surface area (Å²) in [4.78, 5) is 11.8. The van der Waals surface area contributed by atoms with E-state index in [1.54, 1.807) is 0 Å². The number of carbonyl (C=O) groups is 1. The van der Waals surface area contributed by atoms with Crippen LogP contribution in [0.4, 0.5) is 5.13 Å². The molecular formula is C14H18N4O2S. The van der Waals surface area contributed by atoms with Crippen molar-refractivity contribution in [3.63, 3.8) is 0 Å². The Balaban J connectivity index is 1.78. The molecule has 6 nitrogen and oxygen atoms in total. The van der Waals surface area contributed by atoms with Gasteiger partial charge < -0.3 is 10.5 Å². The number of ether oxygens (including phenoxy) is 1. The SMILES string of the molecule is Cc1ccc(OCC(=O)Nc2nnc(CCCN)s2)cc1. The number of carbonyl (C=O) groups excluding carboxylic acids is 1. The molecule has 2 rings (SSSR count). The highest BCUT2D eigenvalue weighted by molar-refractivity contribution is 7.15. The van der Waals surface area contributed by atoms with Gasteiger partial charge in [-0.3, -0.25) is 10.1 Å². The lowest BCUT2D eigenvalue weighted by Crippen LogP contribution is -2.20. The number of benzene rings is 1. The van der Waals surface area contributed by atoms with E-state index in [0.717, 1.165) is 23.4 Å². The van der Waals surface area contributed by atoms with Crippen LogP contribution >= 0.6 is 11.3 Å². The smallest absolute Gasteiger partial charge is 0.264 e. The van der Waals surface area contributed by atoms with Gasteiger partial charge in [-0.1, -0.05) is 29.0 Å². The number of hydrogen-bond donors (Lipinski definition) is 2. The zero-order valence-electron chi connectivity index (χ0n) is 11.8. The fourth-order valence-electron chi connectivity index (χ4n) is 1.60. The average molecular weight is 306 g/mol. The van der Waals surface area contributed by atoms with Gasteiger partial charge in [-0.05, 0) is 32.0 Å². The summed E-state index contributed by atoms with van der Waals surface area (Å²) in [5, 5.41) is 11.9. The minimum absolute atomic E-state index is 0.0548. The topological polar surface area (TPSA) is 90.1 Å². The van der Waals surface area contributed by atoms with E-state index >= 15 is 0 Å². The van der Waals surface area contributed by atoms with Crippen molar-refractivity contribution in [2.24, 2.45) is 5.73 Å². The second-order valence-corrected chi connectivity index (χ2v) is 5.61. The van der Waals surface area contributed by atoms with Crippen LogP contribution in [-0.4, -0.2) is 29.3 Å². The maximum absolute atomic E-state index is 11.8. The molecule has 21 heavy (non-hydrogen) atoms. The summed E-state index contributed by atoms with van der Waals surface area (Å²) in [5.41, 5.74) is 6.58. The van der Waals surface area contributed by atoms with Crippen molar-refractivity contribution in [2.75, 3.05) is 18.5 Å². The Bertz CT molecular complexity index is 583. The molecule has 0 atom stereocenters. The van der Waals surface area contributed by atoms with E-state index in [1.807, 2.05) is 31.2 Å². The second-order valence-electron chi connectivity index (χ2n) is 4.54. The molecule has 2 aromatic rings. The summed E-state index contributed by atoms with van der Waals surface area (Å²) in [6, 6.07) is 7.53. The molecule has 1 heterocycles. The minimum atomic E-state index is -0.253. The summed E-state index contributed by atoms with van der Waals surface area (Å²) < 4.78 is 5.39. The number of nitrogens with one attached hydrogen (secondary N) is 1. The van der Waals surface area contributed by atoms with E-state index < -0.39 is 0 Å². The van der Waals surface area contributed by atoms with Crippen molar-refractivity contribution < 1.29 is 9.53 Å². The van der Waals surface area contributed by atoms with Crippen molar-refractivity contribution in [1.82, 2.24) is 10.2 Å². The number of aromatic nitrogens is 2. The van der Waals surface area contributed by atoms with E-state index in [1.165, 1.54) is 11.3 Å². The number of nitrogens with zero attached hydrogens (tertiary/aromatic N) is 2. The normalized spacial score (nSPS) is 10.4. The third kappa shape index (κ3) is 5.13. The van der Waals surface area contributed by atoms with Crippen molar-refractivity contribution in [3.8, 4) is 5.75 Å². The monoisotopic (exact) mass is 306 g/mol. The van der Waals surface area contributed by atoms with Crippen LogP contribution in [0.5, 0.6) is 5.75 Å². The van der Waals surface area contributed by atoms with E-state index in [2.05, 4.69) is 15.5 Å². The zero-order valence-corrected chi connectivity index (χ0v) is 12.7. The van der Waals surface area contributed by atoms with Crippen LogP contribution < -0.4 is 15.8 Å². The first-order valence-corrected chi connectivity index (χ1v) is 7.51. The molecular weight excluding hydrogens is 288 g/mol. The van der Waals surface area contributed by atoms with Gasteiger partial charge in [0.2, 0.25) is 5.13 Å². The molecule has 0 fully saturated rings. The van der Waals surface area contributed by atoms with Crippen molar-refractivity contribution in [2.45, 2.75) is 19.8 Å². The second kappa shape index (κ2) is 7.70. The van der Waals surface area contributed by atoms with Crippen molar-refractivity contribution in [3.05, 3.63) is 34.8 Å². The maximum atomic E-state index is 11.8. The molecule has 0 saturated heterocycles. The molecule has 112 valence electrons. The van der Waals surface area contributed by atoms with Crippen molar-refractivity contribution >= 4 is 22.4 Å². The number of rotatable bonds is 7. The Morgan fingerprint density at radius 1 is 1.33 bits per heavy atom. The van der Waals surface area contributed by atoms with Crippen molar-refractivity contribution in [1.29, 1.82) is 0 Å². The van der Waals surface area contributed by atoms with Gasteiger partial charge in [0.15, 0.2) is 6.61 Å². The Morgan fingerprint density at radius 3 is 2.81 bits per heavy atom. The van der Waals surface area contributed by atoms with Gasteiger partial charge in [0.1, 0.15) is 10.8 Å². The van der Waals surface area contributed by atoms with Crippen LogP contribution in [0.1, 0.15) is 17.0 Å². The molecule has 0 spiro atoms. The highest BCUT2D eigenvalue weighted by Gasteiger charge is 2.08. The van der Waals surface area contributed by atoms with E-state index in [-0.39, 0.29) is 12.5 Å². The van der Waals surface area contributed by atoms with Gasteiger partial charge in [-0.25, -0.2) is 0 Å². The highest BCUT2D eigenvalue weighted by Crippen LogP contribution is 2.16. The average Bonchev–Trinajstić information content (AvgIpc) is 2.92. The van der Waals surface area contributed by atoms with Crippen LogP contribution in [0, 0.1) is 6.92 Å². The van der Waals surface area contributed by atoms with E-state index in [9.17, 15) is 4.79 Å². The molecule has 1 amide bonds. The van der Waals surface area contributed by atoms with Crippen LogP contribution in [0.15, 0.2) is 24.3 Å². The predicted molar refractivity (Wildman–Crippen MR) is 82.6 cm³/mol. The number of amides is 1. The third-order valence-corrected chi connectivity index (χ3v) is 3.60. The summed E-state index contributed by atoms with van der Waals surface area (Å²) in [5.74, 6) is 0.411. The van der Waals surface area contributed by atoms with Crippen LogP contribution in [0.3, 0.4) is 0 Å². The fourth-order valence-corrected chi connectivity index (χ4v) is 2.39. The molecule has 1 aromatic carbocycles. The molecule has 1 aromatic heterocycles.